The lowest BCUT2D eigenvalue weighted by Crippen LogP contribution is -2.32. The molecule has 1 amide bonds. The van der Waals surface area contributed by atoms with E-state index in [1.54, 1.807) is 30.3 Å². The molecule has 1 unspecified atom stereocenters. The predicted molar refractivity (Wildman–Crippen MR) is 93.6 cm³/mol. The van der Waals surface area contributed by atoms with Gasteiger partial charge in [-0.2, -0.15) is 26.3 Å². The third-order valence-corrected chi connectivity index (χ3v) is 4.43. The first-order valence-corrected chi connectivity index (χ1v) is 8.35. The number of hydrogen-bond donors (Lipinski definition) is 1. The van der Waals surface area contributed by atoms with Gasteiger partial charge in [-0.15, -0.1) is 0 Å². The molecule has 3 nitrogen and oxygen atoms in total. The van der Waals surface area contributed by atoms with Crippen LogP contribution in [0.4, 0.5) is 32.0 Å². The molecule has 0 spiro atoms. The first-order chi connectivity index (χ1) is 13.0. The highest BCUT2D eigenvalue weighted by atomic mass is 32.1. The molecular formula is C18H12F6N2OS. The highest BCUT2D eigenvalue weighted by Gasteiger charge is 2.41. The second kappa shape index (κ2) is 7.08. The number of halogens is 6. The number of rotatable bonds is 3. The molecule has 0 radical (unpaired) electrons. The van der Waals surface area contributed by atoms with Crippen LogP contribution in [-0.2, 0) is 23.6 Å². The summed E-state index contributed by atoms with van der Waals surface area (Å²) in [6.45, 7) is 0. The topological polar surface area (TPSA) is 32.3 Å². The van der Waals surface area contributed by atoms with Crippen molar-refractivity contribution in [3.8, 4) is 0 Å². The average Bonchev–Trinajstić information content (AvgIpc) is 2.87. The molecule has 1 aliphatic rings. The van der Waals surface area contributed by atoms with Gasteiger partial charge < -0.3 is 5.32 Å². The summed E-state index contributed by atoms with van der Waals surface area (Å²) in [4.78, 5) is 13.3. The van der Waals surface area contributed by atoms with E-state index in [1.165, 1.54) is 0 Å². The molecule has 1 heterocycles. The SMILES string of the molecule is O=C1C(Cc2ccccc2)NC(=S)N1c1cc(C(F)(F)F)cc(C(F)(F)F)c1. The van der Waals surface area contributed by atoms with Gasteiger partial charge in [0, 0.05) is 6.42 Å². The zero-order valence-electron chi connectivity index (χ0n) is 13.9. The molecule has 2 aromatic carbocycles. The Morgan fingerprint density at radius 2 is 1.46 bits per heavy atom. The molecule has 28 heavy (non-hydrogen) atoms. The largest absolute Gasteiger partial charge is 0.416 e. The fourth-order valence-corrected chi connectivity index (χ4v) is 3.17. The molecule has 10 heteroatoms. The van der Waals surface area contributed by atoms with Gasteiger partial charge >= 0.3 is 12.4 Å². The van der Waals surface area contributed by atoms with Crippen molar-refractivity contribution < 1.29 is 31.1 Å². The van der Waals surface area contributed by atoms with Crippen LogP contribution in [0.3, 0.4) is 0 Å². The van der Waals surface area contributed by atoms with Gasteiger partial charge in [-0.05, 0) is 36.0 Å². The maximum Gasteiger partial charge on any atom is 0.416 e. The molecule has 148 valence electrons. The lowest BCUT2D eigenvalue weighted by molar-refractivity contribution is -0.143. The second-order valence-corrected chi connectivity index (χ2v) is 6.52. The maximum atomic E-state index is 13.1. The van der Waals surface area contributed by atoms with Crippen molar-refractivity contribution in [1.82, 2.24) is 5.32 Å². The van der Waals surface area contributed by atoms with Gasteiger partial charge in [0.2, 0.25) is 0 Å². The molecule has 0 bridgehead atoms. The Morgan fingerprint density at radius 1 is 0.929 bits per heavy atom. The van der Waals surface area contributed by atoms with E-state index in [0.29, 0.717) is 17.0 Å². The van der Waals surface area contributed by atoms with E-state index in [4.69, 9.17) is 12.2 Å². The smallest absolute Gasteiger partial charge is 0.350 e. The van der Waals surface area contributed by atoms with Crippen molar-refractivity contribution >= 4 is 28.9 Å². The first kappa shape index (κ1) is 20.1. The third kappa shape index (κ3) is 4.11. The molecule has 0 aromatic heterocycles. The van der Waals surface area contributed by atoms with E-state index >= 15 is 0 Å². The normalized spacial score (nSPS) is 17.8. The predicted octanol–water partition coefficient (Wildman–Crippen LogP) is 4.56. The number of anilines is 1. The highest BCUT2D eigenvalue weighted by molar-refractivity contribution is 7.80. The molecule has 1 aliphatic heterocycles. The lowest BCUT2D eigenvalue weighted by Gasteiger charge is -2.19. The van der Waals surface area contributed by atoms with Crippen molar-refractivity contribution in [2.45, 2.75) is 24.8 Å². The molecule has 1 saturated heterocycles. The third-order valence-electron chi connectivity index (χ3n) is 4.13. The zero-order chi connectivity index (χ0) is 20.7. The Kier molecular flexibility index (Phi) is 5.09. The number of alkyl halides is 6. The second-order valence-electron chi connectivity index (χ2n) is 6.13. The van der Waals surface area contributed by atoms with Crippen molar-refractivity contribution in [2.24, 2.45) is 0 Å². The van der Waals surface area contributed by atoms with E-state index in [-0.39, 0.29) is 17.6 Å². The van der Waals surface area contributed by atoms with Crippen molar-refractivity contribution in [3.05, 3.63) is 65.2 Å². The van der Waals surface area contributed by atoms with Gasteiger partial charge in [-0.1, -0.05) is 30.3 Å². The van der Waals surface area contributed by atoms with Gasteiger partial charge in [0.05, 0.1) is 16.8 Å². The van der Waals surface area contributed by atoms with E-state index in [0.717, 1.165) is 5.56 Å². The standard InChI is InChI=1S/C18H12F6N2OS/c19-17(20,21)11-7-12(18(22,23)24)9-13(8-11)26-15(27)14(25-16(26)28)6-10-4-2-1-3-5-10/h1-5,7-9,14H,6H2,(H,25,28). The number of thiocarbonyl (C=S) groups is 1. The quantitative estimate of drug-likeness (QED) is 0.586. The number of nitrogens with zero attached hydrogens (tertiary/aromatic N) is 1. The summed E-state index contributed by atoms with van der Waals surface area (Å²) in [5.41, 5.74) is -2.85. The average molecular weight is 418 g/mol. The number of benzene rings is 2. The Balaban J connectivity index is 1.98. The van der Waals surface area contributed by atoms with Crippen LogP contribution >= 0.6 is 12.2 Å². The molecule has 1 N–H and O–H groups in total. The first-order valence-electron chi connectivity index (χ1n) is 7.94. The minimum Gasteiger partial charge on any atom is -0.350 e. The molecule has 0 saturated carbocycles. The number of hydrogen-bond acceptors (Lipinski definition) is 2. The minimum atomic E-state index is -5.02. The van der Waals surface area contributed by atoms with Gasteiger partial charge in [0.15, 0.2) is 5.11 Å². The van der Waals surface area contributed by atoms with Gasteiger partial charge in [0.1, 0.15) is 6.04 Å². The van der Waals surface area contributed by atoms with Crippen LogP contribution in [0.25, 0.3) is 0 Å². The van der Waals surface area contributed by atoms with Crippen LogP contribution in [0.1, 0.15) is 16.7 Å². The van der Waals surface area contributed by atoms with E-state index < -0.39 is 41.1 Å². The molecule has 2 aromatic rings. The minimum absolute atomic E-state index is 0.00196. The summed E-state index contributed by atoms with van der Waals surface area (Å²) in [5, 5.41) is 2.41. The monoisotopic (exact) mass is 418 g/mol. The summed E-state index contributed by atoms with van der Waals surface area (Å²) in [6.07, 6.45) is -9.85. The zero-order valence-corrected chi connectivity index (χ0v) is 14.8. The maximum absolute atomic E-state index is 13.1. The van der Waals surface area contributed by atoms with Crippen LogP contribution in [0.2, 0.25) is 0 Å². The van der Waals surface area contributed by atoms with Crippen molar-refractivity contribution in [1.29, 1.82) is 0 Å². The van der Waals surface area contributed by atoms with Gasteiger partial charge in [-0.25, -0.2) is 0 Å². The van der Waals surface area contributed by atoms with Gasteiger partial charge in [-0.3, -0.25) is 9.69 Å². The highest BCUT2D eigenvalue weighted by Crippen LogP contribution is 2.39. The summed E-state index contributed by atoms with van der Waals surface area (Å²) >= 11 is 5.00. The van der Waals surface area contributed by atoms with Crippen LogP contribution in [-0.4, -0.2) is 17.1 Å². The van der Waals surface area contributed by atoms with E-state index in [2.05, 4.69) is 5.32 Å². The molecule has 3 rings (SSSR count). The summed E-state index contributed by atoms with van der Waals surface area (Å²) in [6, 6.07) is 8.81. The number of amides is 1. The Hall–Kier alpha value is -2.62. The number of nitrogens with one attached hydrogen (secondary N) is 1. The number of carbonyl (C=O) groups is 1. The van der Waals surface area contributed by atoms with E-state index in [1.807, 2.05) is 0 Å². The Bertz CT molecular complexity index is 878. The molecule has 1 atom stereocenters. The molecular weight excluding hydrogens is 406 g/mol. The molecule has 1 fully saturated rings. The van der Waals surface area contributed by atoms with Crippen LogP contribution < -0.4 is 10.2 Å². The van der Waals surface area contributed by atoms with Crippen molar-refractivity contribution in [3.63, 3.8) is 0 Å². The molecule has 0 aliphatic carbocycles. The number of carbonyl (C=O) groups excluding carboxylic acids is 1. The summed E-state index contributed by atoms with van der Waals surface area (Å²) in [7, 11) is 0. The van der Waals surface area contributed by atoms with Crippen LogP contribution in [0.15, 0.2) is 48.5 Å². The summed E-state index contributed by atoms with van der Waals surface area (Å²) in [5.74, 6) is -0.721. The van der Waals surface area contributed by atoms with E-state index in [9.17, 15) is 31.1 Å². The lowest BCUT2D eigenvalue weighted by atomic mass is 10.1. The van der Waals surface area contributed by atoms with Crippen LogP contribution in [0.5, 0.6) is 0 Å². The Labute approximate surface area is 160 Å². The van der Waals surface area contributed by atoms with Crippen molar-refractivity contribution in [2.75, 3.05) is 4.90 Å². The summed E-state index contributed by atoms with van der Waals surface area (Å²) < 4.78 is 78.4. The van der Waals surface area contributed by atoms with Crippen LogP contribution in [0, 0.1) is 0 Å². The fraction of sp³-hybridized carbons (Fsp3) is 0.222. The van der Waals surface area contributed by atoms with Gasteiger partial charge in [0.25, 0.3) is 5.91 Å². The Morgan fingerprint density at radius 3 is 1.96 bits per heavy atom. The fourth-order valence-electron chi connectivity index (χ4n) is 2.83.